The Morgan fingerprint density at radius 3 is 2.96 bits per heavy atom. The van der Waals surface area contributed by atoms with Crippen LogP contribution in [0, 0.1) is 11.4 Å². The molecule has 1 aliphatic heterocycles. The van der Waals surface area contributed by atoms with Crippen molar-refractivity contribution in [2.75, 3.05) is 19.0 Å². The molecule has 2 aromatic heterocycles. The summed E-state index contributed by atoms with van der Waals surface area (Å²) in [6.07, 6.45) is -0.0320. The number of rotatable bonds is 4. The summed E-state index contributed by atoms with van der Waals surface area (Å²) in [6, 6.07) is 0. The van der Waals surface area contributed by atoms with Gasteiger partial charge in [-0.2, -0.15) is 0 Å². The first-order valence-corrected chi connectivity index (χ1v) is 6.62. The van der Waals surface area contributed by atoms with E-state index in [9.17, 15) is 14.6 Å². The van der Waals surface area contributed by atoms with Crippen molar-refractivity contribution >= 4 is 17.0 Å². The summed E-state index contributed by atoms with van der Waals surface area (Å²) in [5.41, 5.74) is 11.2. The van der Waals surface area contributed by atoms with Crippen molar-refractivity contribution < 1.29 is 19.3 Å². The van der Waals surface area contributed by atoms with Gasteiger partial charge in [0.2, 0.25) is 4.91 Å². The van der Waals surface area contributed by atoms with E-state index in [1.807, 2.05) is 0 Å². The standard InChI is InChI=1S/C11H14FN8O3/c12-1-5-7(22)11(2-21,18-19-14)23-10(5)20-4-17-6-8(13)15-3-16-9(6)20/h3-5,7,10,14,21-22H,1-2H2,(H2,13,15,16)/q+1/t5-,7-,10+,11+/m0/s1. The lowest BCUT2D eigenvalue weighted by atomic mass is 9.97. The molecular formula is C11H14FN8O3+. The lowest BCUT2D eigenvalue weighted by molar-refractivity contribution is -0.126. The first-order chi connectivity index (χ1) is 11.1. The molecule has 0 saturated carbocycles. The van der Waals surface area contributed by atoms with Crippen molar-refractivity contribution in [2.24, 2.45) is 11.0 Å². The molecule has 1 fully saturated rings. The highest BCUT2D eigenvalue weighted by Crippen LogP contribution is 2.43. The molecule has 0 amide bonds. The second kappa shape index (κ2) is 5.59. The number of alkyl halides is 1. The molecule has 0 aromatic carbocycles. The SMILES string of the molecule is N=[N+]=N[C@]1(CO)O[C@@H](n2cnc3c(N)ncnc32)[C@@H](CF)[C@@H]1O. The average Bonchev–Trinajstić information content (AvgIpc) is 3.09. The topological polar surface area (TPSA) is 170 Å². The number of aliphatic hydroxyl groups excluding tert-OH is 2. The third kappa shape index (κ3) is 2.16. The van der Waals surface area contributed by atoms with E-state index in [0.717, 1.165) is 0 Å². The van der Waals surface area contributed by atoms with Crippen molar-refractivity contribution in [1.29, 1.82) is 5.53 Å². The fraction of sp³-hybridized carbons (Fsp3) is 0.545. The highest BCUT2D eigenvalue weighted by atomic mass is 19.1. The van der Waals surface area contributed by atoms with Crippen LogP contribution in [0.15, 0.2) is 17.8 Å². The summed E-state index contributed by atoms with van der Waals surface area (Å²) >= 11 is 0. The van der Waals surface area contributed by atoms with E-state index in [1.54, 1.807) is 0 Å². The molecule has 5 N–H and O–H groups in total. The Balaban J connectivity index is 2.11. The molecule has 12 heteroatoms. The number of ether oxygens (including phenoxy) is 1. The Morgan fingerprint density at radius 2 is 2.30 bits per heavy atom. The molecule has 4 atom stereocenters. The minimum absolute atomic E-state index is 0.142. The summed E-state index contributed by atoms with van der Waals surface area (Å²) in [4.78, 5) is 14.7. The van der Waals surface area contributed by atoms with E-state index in [-0.39, 0.29) is 11.5 Å². The zero-order chi connectivity index (χ0) is 16.6. The number of aliphatic hydroxyl groups is 2. The van der Waals surface area contributed by atoms with Crippen molar-refractivity contribution in [3.8, 4) is 0 Å². The lowest BCUT2D eigenvalue weighted by Gasteiger charge is -2.18. The third-order valence-electron chi connectivity index (χ3n) is 3.84. The summed E-state index contributed by atoms with van der Waals surface area (Å²) in [5.74, 6) is -0.926. The molecule has 23 heavy (non-hydrogen) atoms. The first-order valence-electron chi connectivity index (χ1n) is 6.62. The van der Waals surface area contributed by atoms with Crippen LogP contribution in [0.4, 0.5) is 10.2 Å². The van der Waals surface area contributed by atoms with Gasteiger partial charge in [-0.3, -0.25) is 8.96 Å². The molecule has 0 aliphatic carbocycles. The van der Waals surface area contributed by atoms with E-state index in [4.69, 9.17) is 16.0 Å². The van der Waals surface area contributed by atoms with Crippen LogP contribution in [-0.2, 0) is 4.74 Å². The number of anilines is 1. The molecule has 122 valence electrons. The maximum atomic E-state index is 13.5. The van der Waals surface area contributed by atoms with Crippen LogP contribution in [-0.4, -0.2) is 54.8 Å². The third-order valence-corrected chi connectivity index (χ3v) is 3.84. The molecule has 0 unspecified atom stereocenters. The highest BCUT2D eigenvalue weighted by Gasteiger charge is 2.59. The van der Waals surface area contributed by atoms with Gasteiger partial charge >= 0.3 is 0 Å². The highest BCUT2D eigenvalue weighted by molar-refractivity contribution is 5.81. The number of hydrogen-bond acceptors (Lipinski definition) is 9. The van der Waals surface area contributed by atoms with Crippen LogP contribution < -0.4 is 10.6 Å². The Bertz CT molecular complexity index is 778. The number of nitrogens with one attached hydrogen (secondary N) is 1. The van der Waals surface area contributed by atoms with Crippen molar-refractivity contribution in [2.45, 2.75) is 18.1 Å². The first kappa shape index (κ1) is 15.4. The minimum atomic E-state index is -1.92. The number of halogens is 1. The summed E-state index contributed by atoms with van der Waals surface area (Å²) in [5, 5.41) is 23.2. The van der Waals surface area contributed by atoms with Gasteiger partial charge in [0.1, 0.15) is 36.3 Å². The molecule has 1 aliphatic rings. The quantitative estimate of drug-likeness (QED) is 0.418. The van der Waals surface area contributed by atoms with Crippen LogP contribution >= 0.6 is 0 Å². The zero-order valence-corrected chi connectivity index (χ0v) is 11.7. The number of nitrogen functional groups attached to an aromatic ring is 1. The fourth-order valence-corrected chi connectivity index (χ4v) is 2.67. The van der Waals surface area contributed by atoms with Gasteiger partial charge in [0.15, 0.2) is 16.6 Å². The number of fused-ring (bicyclic) bond motifs is 1. The van der Waals surface area contributed by atoms with Gasteiger partial charge in [-0.05, 0) is 0 Å². The van der Waals surface area contributed by atoms with Gasteiger partial charge in [-0.1, -0.05) is 0 Å². The van der Waals surface area contributed by atoms with Crippen LogP contribution in [0.25, 0.3) is 11.2 Å². The number of imidazole rings is 1. The van der Waals surface area contributed by atoms with Crippen LogP contribution in [0.1, 0.15) is 6.23 Å². The molecular weight excluding hydrogens is 311 g/mol. The van der Waals surface area contributed by atoms with E-state index >= 15 is 0 Å². The van der Waals surface area contributed by atoms with Gasteiger partial charge in [0.25, 0.3) is 5.72 Å². The van der Waals surface area contributed by atoms with Crippen molar-refractivity contribution in [3.05, 3.63) is 12.7 Å². The van der Waals surface area contributed by atoms with Crippen molar-refractivity contribution in [3.63, 3.8) is 0 Å². The van der Waals surface area contributed by atoms with Gasteiger partial charge in [0, 0.05) is 0 Å². The largest absolute Gasteiger partial charge is 0.391 e. The van der Waals surface area contributed by atoms with E-state index in [0.29, 0.717) is 5.52 Å². The molecule has 0 spiro atoms. The minimum Gasteiger partial charge on any atom is -0.391 e. The Labute approximate surface area is 128 Å². The molecule has 3 rings (SSSR count). The van der Waals surface area contributed by atoms with E-state index in [1.165, 1.54) is 17.2 Å². The van der Waals surface area contributed by atoms with Crippen LogP contribution in [0.2, 0.25) is 0 Å². The van der Waals surface area contributed by atoms with Gasteiger partial charge in [0.05, 0.1) is 18.9 Å². The molecule has 2 aromatic rings. The van der Waals surface area contributed by atoms with E-state index < -0.39 is 37.3 Å². The monoisotopic (exact) mass is 325 g/mol. The predicted molar refractivity (Wildman–Crippen MR) is 72.4 cm³/mol. The molecule has 0 bridgehead atoms. The Morgan fingerprint density at radius 1 is 1.52 bits per heavy atom. The van der Waals surface area contributed by atoms with Gasteiger partial charge in [-0.25, -0.2) is 15.0 Å². The van der Waals surface area contributed by atoms with E-state index in [2.05, 4.69) is 25.0 Å². The normalized spacial score (nSPS) is 30.5. The zero-order valence-electron chi connectivity index (χ0n) is 11.7. The maximum absolute atomic E-state index is 13.5. The molecule has 1 saturated heterocycles. The lowest BCUT2D eigenvalue weighted by Crippen LogP contribution is -2.43. The fourth-order valence-electron chi connectivity index (χ4n) is 2.67. The smallest absolute Gasteiger partial charge is 0.293 e. The number of nitrogens with two attached hydrogens (primary N) is 1. The Kier molecular flexibility index (Phi) is 3.74. The second-order valence-corrected chi connectivity index (χ2v) is 5.06. The van der Waals surface area contributed by atoms with Crippen LogP contribution in [0.5, 0.6) is 0 Å². The number of nitrogens with zero attached hydrogens (tertiary/aromatic N) is 6. The predicted octanol–water partition coefficient (Wildman–Crippen LogP) is -0.877. The Hall–Kier alpha value is -2.53. The molecule has 3 heterocycles. The summed E-state index contributed by atoms with van der Waals surface area (Å²) in [6.45, 7) is -1.73. The van der Waals surface area contributed by atoms with Crippen LogP contribution in [0.3, 0.4) is 0 Å². The number of hydrogen-bond donors (Lipinski definition) is 4. The molecule has 11 nitrogen and oxygen atoms in total. The van der Waals surface area contributed by atoms with Gasteiger partial charge < -0.3 is 20.7 Å². The second-order valence-electron chi connectivity index (χ2n) is 5.06. The molecule has 0 radical (unpaired) electrons. The van der Waals surface area contributed by atoms with Crippen molar-refractivity contribution in [1.82, 2.24) is 24.4 Å². The average molecular weight is 325 g/mol. The summed E-state index contributed by atoms with van der Waals surface area (Å²) in [7, 11) is 0. The summed E-state index contributed by atoms with van der Waals surface area (Å²) < 4.78 is 20.4. The number of aromatic nitrogens is 4. The van der Waals surface area contributed by atoms with Gasteiger partial charge in [-0.15, -0.1) is 0 Å². The maximum Gasteiger partial charge on any atom is 0.293 e.